The van der Waals surface area contributed by atoms with Crippen LogP contribution < -0.4 is 0 Å². The molecular formula is C23H32N2O2S2Si. The van der Waals surface area contributed by atoms with Gasteiger partial charge >= 0.3 is 0 Å². The molecule has 0 aliphatic carbocycles. The molecule has 2 heterocycles. The van der Waals surface area contributed by atoms with E-state index < -0.39 is 8.32 Å². The lowest BCUT2D eigenvalue weighted by molar-refractivity contribution is -0.152. The molecule has 4 nitrogen and oxygen atoms in total. The van der Waals surface area contributed by atoms with E-state index in [1.165, 1.54) is 9.80 Å². The maximum absolute atomic E-state index is 13.1. The second kappa shape index (κ2) is 8.74. The Kier molecular flexibility index (Phi) is 6.83. The Morgan fingerprint density at radius 2 is 1.93 bits per heavy atom. The first-order chi connectivity index (χ1) is 14.0. The summed E-state index contributed by atoms with van der Waals surface area (Å²) in [4.78, 5) is 15.0. The number of nitriles is 1. The number of carbonyl (C=O) groups excluding carboxylic acids is 1. The predicted molar refractivity (Wildman–Crippen MR) is 129 cm³/mol. The number of hydrogen-bond acceptors (Lipinski definition) is 5. The van der Waals surface area contributed by atoms with Crippen molar-refractivity contribution in [1.82, 2.24) is 4.90 Å². The van der Waals surface area contributed by atoms with Gasteiger partial charge in [-0.25, -0.2) is 0 Å². The molecule has 30 heavy (non-hydrogen) atoms. The van der Waals surface area contributed by atoms with Gasteiger partial charge in [0.05, 0.1) is 27.9 Å². The van der Waals surface area contributed by atoms with Gasteiger partial charge in [0.15, 0.2) is 8.32 Å². The minimum absolute atomic E-state index is 0.0113. The van der Waals surface area contributed by atoms with Crippen LogP contribution in [0.1, 0.15) is 52.2 Å². The topological polar surface area (TPSA) is 53.3 Å². The van der Waals surface area contributed by atoms with Gasteiger partial charge in [-0.3, -0.25) is 4.79 Å². The van der Waals surface area contributed by atoms with Crippen molar-refractivity contribution in [1.29, 1.82) is 5.26 Å². The summed E-state index contributed by atoms with van der Waals surface area (Å²) in [6.45, 7) is 15.5. The number of carbonyl (C=O) groups is 1. The van der Waals surface area contributed by atoms with Gasteiger partial charge in [-0.1, -0.05) is 51.6 Å². The van der Waals surface area contributed by atoms with Gasteiger partial charge < -0.3 is 9.33 Å². The molecule has 3 atom stereocenters. The van der Waals surface area contributed by atoms with Gasteiger partial charge in [-0.2, -0.15) is 5.26 Å². The van der Waals surface area contributed by atoms with Crippen molar-refractivity contribution in [3.8, 4) is 6.07 Å². The van der Waals surface area contributed by atoms with Crippen molar-refractivity contribution >= 4 is 37.7 Å². The molecule has 1 amide bonds. The molecule has 0 spiro atoms. The second-order valence-corrected chi connectivity index (χ2v) is 16.7. The van der Waals surface area contributed by atoms with Gasteiger partial charge in [0.2, 0.25) is 5.91 Å². The van der Waals surface area contributed by atoms with Crippen molar-refractivity contribution in [2.45, 2.75) is 76.4 Å². The number of allylic oxidation sites excluding steroid dienone is 1. The van der Waals surface area contributed by atoms with Crippen LogP contribution in [0.15, 0.2) is 34.2 Å². The summed E-state index contributed by atoms with van der Waals surface area (Å²) in [5.74, 6) is 0.990. The van der Waals surface area contributed by atoms with Crippen LogP contribution >= 0.6 is 23.5 Å². The molecule has 2 aliphatic heterocycles. The molecule has 0 radical (unpaired) electrons. The summed E-state index contributed by atoms with van der Waals surface area (Å²) < 4.78 is 7.91. The summed E-state index contributed by atoms with van der Waals surface area (Å²) >= 11 is 3.60. The standard InChI is InChI=1S/C23H32N2O2S2Si/c1-8-18(27-30(6,7)23(3,4)5)19-20(26)25-15(2)22(29-21(19)25)28-14-17-11-9-16(13-24)10-12-17/h9-12,18-19,21H,8,14H2,1-7H3/t18?,19-,21-/m1/s1. The summed E-state index contributed by atoms with van der Waals surface area (Å²) in [6, 6.07) is 9.88. The summed E-state index contributed by atoms with van der Waals surface area (Å²) in [6.07, 6.45) is 0.850. The van der Waals surface area contributed by atoms with Gasteiger partial charge in [0, 0.05) is 11.4 Å². The predicted octanol–water partition coefficient (Wildman–Crippen LogP) is 6.31. The first-order valence-corrected chi connectivity index (χ1v) is 15.3. The Morgan fingerprint density at radius 1 is 1.30 bits per heavy atom. The number of rotatable bonds is 7. The number of fused-ring (bicyclic) bond motifs is 1. The lowest BCUT2D eigenvalue weighted by Gasteiger charge is -2.49. The van der Waals surface area contributed by atoms with E-state index in [0.717, 1.165) is 17.9 Å². The smallest absolute Gasteiger partial charge is 0.236 e. The Bertz CT molecular complexity index is 884. The zero-order valence-corrected chi connectivity index (χ0v) is 21.6. The van der Waals surface area contributed by atoms with E-state index >= 15 is 0 Å². The first kappa shape index (κ1) is 23.5. The first-order valence-electron chi connectivity index (χ1n) is 10.5. The molecule has 2 aliphatic rings. The van der Waals surface area contributed by atoms with Crippen molar-refractivity contribution in [3.63, 3.8) is 0 Å². The molecule has 1 aromatic carbocycles. The largest absolute Gasteiger partial charge is 0.413 e. The average Bonchev–Trinajstić information content (AvgIpc) is 2.96. The molecule has 0 aromatic heterocycles. The average molecular weight is 461 g/mol. The summed E-state index contributed by atoms with van der Waals surface area (Å²) in [5.41, 5.74) is 2.94. The van der Waals surface area contributed by atoms with E-state index in [4.69, 9.17) is 9.69 Å². The van der Waals surface area contributed by atoms with Gasteiger partial charge in [-0.05, 0) is 49.2 Å². The van der Waals surface area contributed by atoms with Crippen LogP contribution in [0.2, 0.25) is 18.1 Å². The highest BCUT2D eigenvalue weighted by atomic mass is 32.2. The Hall–Kier alpha value is -1.20. The molecule has 0 saturated carbocycles. The minimum Gasteiger partial charge on any atom is -0.413 e. The Morgan fingerprint density at radius 3 is 2.47 bits per heavy atom. The number of thioether (sulfide) groups is 2. The molecule has 162 valence electrons. The van der Waals surface area contributed by atoms with Crippen LogP contribution in [0.5, 0.6) is 0 Å². The molecule has 1 fully saturated rings. The highest BCUT2D eigenvalue weighted by molar-refractivity contribution is 8.22. The van der Waals surface area contributed by atoms with E-state index in [9.17, 15) is 4.79 Å². The number of nitrogens with zero attached hydrogens (tertiary/aromatic N) is 2. The fourth-order valence-electron chi connectivity index (χ4n) is 3.53. The van der Waals surface area contributed by atoms with Crippen LogP contribution in [-0.2, 0) is 15.0 Å². The van der Waals surface area contributed by atoms with Crippen LogP contribution in [0, 0.1) is 17.2 Å². The van der Waals surface area contributed by atoms with Crippen LogP contribution in [0.3, 0.4) is 0 Å². The SMILES string of the molecule is CCC(O[Si](C)(C)C(C)(C)C)[C@@H]1C(=O)N2C(C)=C(SCc3ccc(C#N)cc3)S[C@H]12. The van der Waals surface area contributed by atoms with Crippen molar-refractivity contribution in [2.75, 3.05) is 0 Å². The molecule has 7 heteroatoms. The fourth-order valence-corrected chi connectivity index (χ4v) is 7.79. The van der Waals surface area contributed by atoms with E-state index in [2.05, 4.69) is 53.8 Å². The lowest BCUT2D eigenvalue weighted by atomic mass is 9.90. The Balaban J connectivity index is 1.66. The number of hydrogen-bond donors (Lipinski definition) is 0. The third-order valence-electron chi connectivity index (χ3n) is 6.48. The van der Waals surface area contributed by atoms with E-state index in [-0.39, 0.29) is 28.3 Å². The third kappa shape index (κ3) is 4.38. The van der Waals surface area contributed by atoms with E-state index in [1.807, 2.05) is 40.9 Å². The Labute approximate surface area is 190 Å². The quantitative estimate of drug-likeness (QED) is 0.352. The number of amides is 1. The molecule has 0 N–H and O–H groups in total. The monoisotopic (exact) mass is 460 g/mol. The summed E-state index contributed by atoms with van der Waals surface area (Å²) in [7, 11) is -1.93. The van der Waals surface area contributed by atoms with Crippen LogP contribution in [-0.4, -0.2) is 30.6 Å². The molecule has 3 rings (SSSR count). The highest BCUT2D eigenvalue weighted by Gasteiger charge is 2.57. The van der Waals surface area contributed by atoms with Crippen molar-refractivity contribution < 1.29 is 9.22 Å². The van der Waals surface area contributed by atoms with Crippen molar-refractivity contribution in [3.05, 3.63) is 45.3 Å². The van der Waals surface area contributed by atoms with Gasteiger partial charge in [-0.15, -0.1) is 11.8 Å². The minimum atomic E-state index is -1.93. The molecule has 1 aromatic rings. The number of β-lactam (4-membered cyclic amide) rings is 1. The van der Waals surface area contributed by atoms with E-state index in [0.29, 0.717) is 5.56 Å². The van der Waals surface area contributed by atoms with E-state index in [1.54, 1.807) is 11.8 Å². The molecule has 0 bridgehead atoms. The third-order valence-corrected chi connectivity index (χ3v) is 13.9. The maximum Gasteiger partial charge on any atom is 0.236 e. The normalized spacial score (nSPS) is 22.6. The number of benzene rings is 1. The summed E-state index contributed by atoms with van der Waals surface area (Å²) in [5, 5.41) is 9.24. The van der Waals surface area contributed by atoms with Gasteiger partial charge in [0.25, 0.3) is 0 Å². The molecule has 1 saturated heterocycles. The maximum atomic E-state index is 13.1. The highest BCUT2D eigenvalue weighted by Crippen LogP contribution is 2.55. The van der Waals surface area contributed by atoms with Crippen LogP contribution in [0.4, 0.5) is 0 Å². The second-order valence-electron chi connectivity index (χ2n) is 9.54. The zero-order chi connectivity index (χ0) is 22.3. The fraction of sp³-hybridized carbons (Fsp3) is 0.565. The van der Waals surface area contributed by atoms with Crippen molar-refractivity contribution in [2.24, 2.45) is 5.92 Å². The van der Waals surface area contributed by atoms with Gasteiger partial charge in [0.1, 0.15) is 5.37 Å². The zero-order valence-electron chi connectivity index (χ0n) is 19.0. The lowest BCUT2D eigenvalue weighted by Crippen LogP contribution is -2.62. The molecule has 1 unspecified atom stereocenters. The molecular weight excluding hydrogens is 428 g/mol. The van der Waals surface area contributed by atoms with Crippen LogP contribution in [0.25, 0.3) is 0 Å².